The lowest BCUT2D eigenvalue weighted by Gasteiger charge is -2.13. The van der Waals surface area contributed by atoms with Crippen molar-refractivity contribution >= 4 is 17.3 Å². The topological polar surface area (TPSA) is 61.4 Å². The van der Waals surface area contributed by atoms with Crippen LogP contribution in [0.15, 0.2) is 36.4 Å². The zero-order valence-electron chi connectivity index (χ0n) is 12.0. The third kappa shape index (κ3) is 4.02. The zero-order chi connectivity index (χ0) is 16.1. The maximum Gasteiger partial charge on any atom is 0.221 e. The van der Waals surface area contributed by atoms with Gasteiger partial charge in [-0.2, -0.15) is 0 Å². The smallest absolute Gasteiger partial charge is 0.221 e. The first-order valence-corrected chi connectivity index (χ1v) is 6.69. The molecule has 6 heteroatoms. The van der Waals surface area contributed by atoms with Crippen molar-refractivity contribution in [1.29, 1.82) is 0 Å². The van der Waals surface area contributed by atoms with E-state index >= 15 is 0 Å². The minimum Gasteiger partial charge on any atom is -0.392 e. The third-order valence-corrected chi connectivity index (χ3v) is 3.06. The molecule has 2 rings (SSSR count). The van der Waals surface area contributed by atoms with E-state index in [0.29, 0.717) is 12.2 Å². The largest absolute Gasteiger partial charge is 0.392 e. The Hall–Kier alpha value is -2.47. The van der Waals surface area contributed by atoms with Crippen LogP contribution in [0.3, 0.4) is 0 Å². The van der Waals surface area contributed by atoms with E-state index in [4.69, 9.17) is 5.11 Å². The fourth-order valence-corrected chi connectivity index (χ4v) is 1.95. The number of aliphatic hydroxyl groups excluding tert-OH is 1. The van der Waals surface area contributed by atoms with E-state index in [2.05, 4.69) is 10.6 Å². The summed E-state index contributed by atoms with van der Waals surface area (Å²) in [7, 11) is 0. The second kappa shape index (κ2) is 7.00. The van der Waals surface area contributed by atoms with Gasteiger partial charge in [-0.25, -0.2) is 8.78 Å². The molecule has 2 aromatic rings. The Labute approximate surface area is 126 Å². The van der Waals surface area contributed by atoms with Gasteiger partial charge in [0.1, 0.15) is 0 Å². The van der Waals surface area contributed by atoms with Gasteiger partial charge in [0.2, 0.25) is 5.91 Å². The molecule has 0 fully saturated rings. The van der Waals surface area contributed by atoms with Gasteiger partial charge in [0.25, 0.3) is 0 Å². The molecule has 0 spiro atoms. The first-order valence-electron chi connectivity index (χ1n) is 6.69. The number of carbonyl (C=O) groups excluding carboxylic acids is 1. The number of halogens is 2. The minimum absolute atomic E-state index is 0.0381. The second-order valence-corrected chi connectivity index (χ2v) is 4.82. The van der Waals surface area contributed by atoms with Gasteiger partial charge in [0.05, 0.1) is 18.0 Å². The summed E-state index contributed by atoms with van der Waals surface area (Å²) < 4.78 is 26.6. The lowest BCUT2D eigenvalue weighted by atomic mass is 10.1. The van der Waals surface area contributed by atoms with Gasteiger partial charge in [0, 0.05) is 25.6 Å². The quantitative estimate of drug-likeness (QED) is 0.796. The van der Waals surface area contributed by atoms with Crippen LogP contribution < -0.4 is 10.6 Å². The second-order valence-electron chi connectivity index (χ2n) is 4.82. The Morgan fingerprint density at radius 1 is 1.05 bits per heavy atom. The molecule has 1 amide bonds. The van der Waals surface area contributed by atoms with Crippen LogP contribution in [-0.4, -0.2) is 11.0 Å². The molecule has 0 bridgehead atoms. The summed E-state index contributed by atoms with van der Waals surface area (Å²) in [6.07, 6.45) is 0. The lowest BCUT2D eigenvalue weighted by molar-refractivity contribution is -0.114. The van der Waals surface area contributed by atoms with Gasteiger partial charge in [-0.05, 0) is 11.1 Å². The molecule has 22 heavy (non-hydrogen) atoms. The van der Waals surface area contributed by atoms with Crippen LogP contribution in [0.1, 0.15) is 18.1 Å². The molecular weight excluding hydrogens is 290 g/mol. The van der Waals surface area contributed by atoms with Crippen molar-refractivity contribution in [3.8, 4) is 0 Å². The number of carbonyl (C=O) groups is 1. The lowest BCUT2D eigenvalue weighted by Crippen LogP contribution is -2.10. The minimum atomic E-state index is -1.03. The summed E-state index contributed by atoms with van der Waals surface area (Å²) in [5.74, 6) is -2.39. The van der Waals surface area contributed by atoms with E-state index in [0.717, 1.165) is 23.3 Å². The first kappa shape index (κ1) is 15.9. The van der Waals surface area contributed by atoms with Gasteiger partial charge < -0.3 is 15.7 Å². The van der Waals surface area contributed by atoms with Crippen LogP contribution in [-0.2, 0) is 17.9 Å². The van der Waals surface area contributed by atoms with Gasteiger partial charge in [-0.15, -0.1) is 0 Å². The van der Waals surface area contributed by atoms with Gasteiger partial charge in [-0.1, -0.05) is 24.3 Å². The van der Waals surface area contributed by atoms with Gasteiger partial charge >= 0.3 is 0 Å². The van der Waals surface area contributed by atoms with Crippen LogP contribution in [0.5, 0.6) is 0 Å². The number of hydrogen-bond acceptors (Lipinski definition) is 3. The van der Waals surface area contributed by atoms with E-state index in [1.165, 1.54) is 6.92 Å². The summed E-state index contributed by atoms with van der Waals surface area (Å²) in [5, 5.41) is 14.4. The Morgan fingerprint density at radius 3 is 2.14 bits per heavy atom. The van der Waals surface area contributed by atoms with Gasteiger partial charge in [-0.3, -0.25) is 4.79 Å². The van der Waals surface area contributed by atoms with E-state index in [1.54, 1.807) is 12.1 Å². The van der Waals surface area contributed by atoms with Crippen LogP contribution in [0.4, 0.5) is 20.2 Å². The standard InChI is InChI=1S/C16H16F2N2O2/c1-10(22)20-16-7-14(18)13(17)6-15(16)19-8-11-2-4-12(9-21)5-3-11/h2-7,19,21H,8-9H2,1H3,(H,20,22). The van der Waals surface area contributed by atoms with Crippen molar-refractivity contribution in [1.82, 2.24) is 0 Å². The number of benzene rings is 2. The summed E-state index contributed by atoms with van der Waals surface area (Å²) in [5.41, 5.74) is 2.16. The predicted molar refractivity (Wildman–Crippen MR) is 80.4 cm³/mol. The molecule has 116 valence electrons. The average Bonchev–Trinajstić information content (AvgIpc) is 2.49. The Balaban J connectivity index is 2.16. The van der Waals surface area contributed by atoms with Crippen molar-refractivity contribution < 1.29 is 18.7 Å². The van der Waals surface area contributed by atoms with E-state index in [1.807, 2.05) is 12.1 Å². The number of nitrogens with one attached hydrogen (secondary N) is 2. The van der Waals surface area contributed by atoms with Crippen molar-refractivity contribution in [3.05, 3.63) is 59.2 Å². The Bertz CT molecular complexity index is 673. The number of aliphatic hydroxyl groups is 1. The zero-order valence-corrected chi connectivity index (χ0v) is 12.0. The molecule has 0 unspecified atom stereocenters. The Kier molecular flexibility index (Phi) is 5.06. The van der Waals surface area contributed by atoms with Crippen molar-refractivity contribution in [2.75, 3.05) is 10.6 Å². The molecule has 0 aliphatic rings. The summed E-state index contributed by atoms with van der Waals surface area (Å²) in [6.45, 7) is 1.62. The van der Waals surface area contributed by atoms with E-state index in [-0.39, 0.29) is 18.2 Å². The summed E-state index contributed by atoms with van der Waals surface area (Å²) >= 11 is 0. The summed E-state index contributed by atoms with van der Waals surface area (Å²) in [6, 6.07) is 9.12. The van der Waals surface area contributed by atoms with Crippen molar-refractivity contribution in [3.63, 3.8) is 0 Å². The molecule has 0 aromatic heterocycles. The SMILES string of the molecule is CC(=O)Nc1cc(F)c(F)cc1NCc1ccc(CO)cc1. The van der Waals surface area contributed by atoms with Crippen molar-refractivity contribution in [2.24, 2.45) is 0 Å². The number of anilines is 2. The fourth-order valence-electron chi connectivity index (χ4n) is 1.95. The molecule has 0 aliphatic heterocycles. The molecule has 2 aromatic carbocycles. The van der Waals surface area contributed by atoms with Crippen LogP contribution in [0.25, 0.3) is 0 Å². The highest BCUT2D eigenvalue weighted by Gasteiger charge is 2.11. The highest BCUT2D eigenvalue weighted by atomic mass is 19.2. The van der Waals surface area contributed by atoms with Gasteiger partial charge in [0.15, 0.2) is 11.6 Å². The number of rotatable bonds is 5. The maximum atomic E-state index is 13.4. The number of hydrogen-bond donors (Lipinski definition) is 3. The molecule has 0 radical (unpaired) electrons. The monoisotopic (exact) mass is 306 g/mol. The van der Waals surface area contributed by atoms with Crippen LogP contribution in [0.2, 0.25) is 0 Å². The molecule has 0 heterocycles. The Morgan fingerprint density at radius 2 is 1.59 bits per heavy atom. The molecule has 0 aliphatic carbocycles. The third-order valence-electron chi connectivity index (χ3n) is 3.06. The molecule has 0 saturated carbocycles. The normalized spacial score (nSPS) is 10.4. The highest BCUT2D eigenvalue weighted by molar-refractivity contribution is 5.92. The molecule has 3 N–H and O–H groups in total. The first-order chi connectivity index (χ1) is 10.5. The molecule has 0 saturated heterocycles. The molecule has 0 atom stereocenters. The predicted octanol–water partition coefficient (Wildman–Crippen LogP) is 3.03. The van der Waals surface area contributed by atoms with E-state index in [9.17, 15) is 13.6 Å². The van der Waals surface area contributed by atoms with Crippen LogP contribution >= 0.6 is 0 Å². The average molecular weight is 306 g/mol. The molecule has 4 nitrogen and oxygen atoms in total. The van der Waals surface area contributed by atoms with Crippen LogP contribution in [0, 0.1) is 11.6 Å². The highest BCUT2D eigenvalue weighted by Crippen LogP contribution is 2.25. The maximum absolute atomic E-state index is 13.4. The van der Waals surface area contributed by atoms with E-state index < -0.39 is 11.6 Å². The molecular formula is C16H16F2N2O2. The van der Waals surface area contributed by atoms with Crippen molar-refractivity contribution in [2.45, 2.75) is 20.1 Å². The fraction of sp³-hybridized carbons (Fsp3) is 0.188. The summed E-state index contributed by atoms with van der Waals surface area (Å²) in [4.78, 5) is 11.1. The number of amides is 1.